The van der Waals surface area contributed by atoms with Gasteiger partial charge in [0.25, 0.3) is 0 Å². The van der Waals surface area contributed by atoms with E-state index in [2.05, 4.69) is 5.32 Å². The Bertz CT molecular complexity index is 598. The molecule has 1 unspecified atom stereocenters. The first-order valence-electron chi connectivity index (χ1n) is 6.68. The summed E-state index contributed by atoms with van der Waals surface area (Å²) in [5, 5.41) is 5.31. The molecule has 0 amide bonds. The average Bonchev–Trinajstić information content (AvgIpc) is 3.00. The molecule has 2 aromatic rings. The van der Waals surface area contributed by atoms with Gasteiger partial charge in [0.2, 0.25) is 0 Å². The van der Waals surface area contributed by atoms with E-state index in [-0.39, 0.29) is 24.2 Å². The normalized spacial score (nSPS) is 12.1. The molecule has 0 spiro atoms. The summed E-state index contributed by atoms with van der Waals surface area (Å²) in [5.74, 6) is -0.459. The molecular weight excluding hydrogens is 289 g/mol. The fraction of sp³-hybridized carbons (Fsp3) is 0.312. The van der Waals surface area contributed by atoms with Crippen LogP contribution in [0.4, 0.5) is 4.39 Å². The lowest BCUT2D eigenvalue weighted by Crippen LogP contribution is -2.23. The molecule has 0 aliphatic carbocycles. The van der Waals surface area contributed by atoms with Gasteiger partial charge in [-0.25, -0.2) is 4.39 Å². The number of hydrogen-bond acceptors (Lipinski definition) is 4. The third-order valence-corrected chi connectivity index (χ3v) is 4.25. The van der Waals surface area contributed by atoms with Gasteiger partial charge in [-0.15, -0.1) is 11.3 Å². The smallest absolute Gasteiger partial charge is 0.307 e. The minimum Gasteiger partial charge on any atom is -0.469 e. The predicted molar refractivity (Wildman–Crippen MR) is 81.7 cm³/mol. The summed E-state index contributed by atoms with van der Waals surface area (Å²) in [6.07, 6.45) is 0.275. The summed E-state index contributed by atoms with van der Waals surface area (Å²) in [7, 11) is 1.39. The molecule has 1 atom stereocenters. The third kappa shape index (κ3) is 4.37. The quantitative estimate of drug-likeness (QED) is 0.829. The summed E-state index contributed by atoms with van der Waals surface area (Å²) >= 11 is 1.59. The van der Waals surface area contributed by atoms with E-state index in [0.717, 1.165) is 10.4 Å². The zero-order valence-electron chi connectivity index (χ0n) is 12.1. The monoisotopic (exact) mass is 307 g/mol. The van der Waals surface area contributed by atoms with E-state index in [1.165, 1.54) is 13.2 Å². The van der Waals surface area contributed by atoms with Gasteiger partial charge in [-0.3, -0.25) is 4.79 Å². The number of ether oxygens (including phenoxy) is 1. The van der Waals surface area contributed by atoms with Crippen LogP contribution in [-0.2, 0) is 16.1 Å². The SMILES string of the molecule is COC(=O)CC(NCc1ccc(F)c(C)c1)c1cccs1. The number of carbonyl (C=O) groups excluding carboxylic acids is 1. The van der Waals surface area contributed by atoms with Crippen LogP contribution in [0.5, 0.6) is 0 Å². The van der Waals surface area contributed by atoms with Crippen molar-refractivity contribution in [3.63, 3.8) is 0 Å². The highest BCUT2D eigenvalue weighted by Gasteiger charge is 2.17. The van der Waals surface area contributed by atoms with Gasteiger partial charge < -0.3 is 10.1 Å². The fourth-order valence-corrected chi connectivity index (χ4v) is 2.87. The number of esters is 1. The summed E-state index contributed by atoms with van der Waals surface area (Å²) in [6, 6.07) is 8.87. The number of nitrogens with one attached hydrogen (secondary N) is 1. The predicted octanol–water partition coefficient (Wildman–Crippen LogP) is 3.59. The average molecular weight is 307 g/mol. The van der Waals surface area contributed by atoms with Gasteiger partial charge in [-0.05, 0) is 35.6 Å². The minimum absolute atomic E-state index is 0.0946. The number of carbonyl (C=O) groups is 1. The largest absolute Gasteiger partial charge is 0.469 e. The van der Waals surface area contributed by atoms with Gasteiger partial charge in [0.05, 0.1) is 19.6 Å². The van der Waals surface area contributed by atoms with E-state index >= 15 is 0 Å². The van der Waals surface area contributed by atoms with Crippen LogP contribution in [0.1, 0.15) is 28.5 Å². The number of hydrogen-bond donors (Lipinski definition) is 1. The number of rotatable bonds is 6. The lowest BCUT2D eigenvalue weighted by molar-refractivity contribution is -0.141. The Kier molecular flexibility index (Phi) is 5.47. The Labute approximate surface area is 127 Å². The molecule has 1 aromatic heterocycles. The Hall–Kier alpha value is -1.72. The maximum atomic E-state index is 13.3. The second kappa shape index (κ2) is 7.33. The molecule has 21 heavy (non-hydrogen) atoms. The molecule has 0 saturated carbocycles. The minimum atomic E-state index is -0.254. The molecule has 5 heteroatoms. The zero-order chi connectivity index (χ0) is 15.2. The van der Waals surface area contributed by atoms with Gasteiger partial charge in [-0.2, -0.15) is 0 Å². The van der Waals surface area contributed by atoms with Crippen LogP contribution in [-0.4, -0.2) is 13.1 Å². The van der Waals surface area contributed by atoms with Crippen molar-refractivity contribution in [2.45, 2.75) is 25.9 Å². The number of thiophene rings is 1. The molecule has 0 fully saturated rings. The molecule has 0 aliphatic rings. The van der Waals surface area contributed by atoms with E-state index in [4.69, 9.17) is 4.74 Å². The molecule has 1 N–H and O–H groups in total. The van der Waals surface area contributed by atoms with E-state index in [1.807, 2.05) is 23.6 Å². The molecule has 3 nitrogen and oxygen atoms in total. The Morgan fingerprint density at radius 1 is 1.43 bits per heavy atom. The molecular formula is C16H18FNO2S. The van der Waals surface area contributed by atoms with Crippen LogP contribution in [0.15, 0.2) is 35.7 Å². The first kappa shape index (κ1) is 15.7. The fourth-order valence-electron chi connectivity index (χ4n) is 2.07. The Morgan fingerprint density at radius 3 is 2.86 bits per heavy atom. The lowest BCUT2D eigenvalue weighted by Gasteiger charge is -2.16. The van der Waals surface area contributed by atoms with Crippen molar-refractivity contribution in [1.82, 2.24) is 5.32 Å². The van der Waals surface area contributed by atoms with Gasteiger partial charge in [0.15, 0.2) is 0 Å². The van der Waals surface area contributed by atoms with Gasteiger partial charge in [-0.1, -0.05) is 18.2 Å². The Balaban J connectivity index is 2.04. The third-order valence-electron chi connectivity index (χ3n) is 3.26. The molecule has 0 bridgehead atoms. The molecule has 0 radical (unpaired) electrons. The van der Waals surface area contributed by atoms with Crippen molar-refractivity contribution in [2.75, 3.05) is 7.11 Å². The molecule has 1 aromatic carbocycles. The maximum absolute atomic E-state index is 13.3. The highest BCUT2D eigenvalue weighted by Crippen LogP contribution is 2.23. The number of methoxy groups -OCH3 is 1. The van der Waals surface area contributed by atoms with Gasteiger partial charge in [0, 0.05) is 11.4 Å². The Morgan fingerprint density at radius 2 is 2.24 bits per heavy atom. The van der Waals surface area contributed by atoms with Crippen molar-refractivity contribution in [3.8, 4) is 0 Å². The summed E-state index contributed by atoms with van der Waals surface area (Å²) in [4.78, 5) is 12.6. The first-order chi connectivity index (χ1) is 10.1. The molecule has 112 valence electrons. The summed E-state index contributed by atoms with van der Waals surface area (Å²) in [6.45, 7) is 2.31. The number of aryl methyl sites for hydroxylation is 1. The van der Waals surface area contributed by atoms with Crippen LogP contribution in [0.3, 0.4) is 0 Å². The maximum Gasteiger partial charge on any atom is 0.307 e. The molecule has 0 saturated heterocycles. The van der Waals surface area contributed by atoms with Crippen LogP contribution in [0, 0.1) is 12.7 Å². The van der Waals surface area contributed by atoms with Crippen molar-refractivity contribution in [2.24, 2.45) is 0 Å². The second-order valence-electron chi connectivity index (χ2n) is 4.81. The first-order valence-corrected chi connectivity index (χ1v) is 7.56. The lowest BCUT2D eigenvalue weighted by atomic mass is 10.1. The second-order valence-corrected chi connectivity index (χ2v) is 5.79. The highest BCUT2D eigenvalue weighted by atomic mass is 32.1. The molecule has 1 heterocycles. The van der Waals surface area contributed by atoms with Crippen molar-refractivity contribution in [1.29, 1.82) is 0 Å². The molecule has 0 aliphatic heterocycles. The topological polar surface area (TPSA) is 38.3 Å². The van der Waals surface area contributed by atoms with Gasteiger partial charge in [0.1, 0.15) is 5.82 Å². The van der Waals surface area contributed by atoms with E-state index in [0.29, 0.717) is 12.1 Å². The summed E-state index contributed by atoms with van der Waals surface area (Å²) < 4.78 is 18.0. The van der Waals surface area contributed by atoms with E-state index in [1.54, 1.807) is 24.3 Å². The zero-order valence-corrected chi connectivity index (χ0v) is 12.9. The van der Waals surface area contributed by atoms with Crippen LogP contribution in [0.25, 0.3) is 0 Å². The number of halogens is 1. The van der Waals surface area contributed by atoms with Crippen molar-refractivity contribution < 1.29 is 13.9 Å². The molecule has 2 rings (SSSR count). The van der Waals surface area contributed by atoms with Crippen molar-refractivity contribution >= 4 is 17.3 Å². The van der Waals surface area contributed by atoms with Crippen LogP contribution < -0.4 is 5.32 Å². The highest BCUT2D eigenvalue weighted by molar-refractivity contribution is 7.10. The number of benzene rings is 1. The van der Waals surface area contributed by atoms with E-state index < -0.39 is 0 Å². The van der Waals surface area contributed by atoms with Gasteiger partial charge >= 0.3 is 5.97 Å². The standard InChI is InChI=1S/C16H18FNO2S/c1-11-8-12(5-6-13(11)17)10-18-14(9-16(19)20-2)15-4-3-7-21-15/h3-8,14,18H,9-10H2,1-2H3. The van der Waals surface area contributed by atoms with Crippen LogP contribution in [0.2, 0.25) is 0 Å². The summed E-state index contributed by atoms with van der Waals surface area (Å²) in [5.41, 5.74) is 1.61. The van der Waals surface area contributed by atoms with Crippen molar-refractivity contribution in [3.05, 3.63) is 57.5 Å². The van der Waals surface area contributed by atoms with E-state index in [9.17, 15) is 9.18 Å². The van der Waals surface area contributed by atoms with Crippen LogP contribution >= 0.6 is 11.3 Å².